The topological polar surface area (TPSA) is 49.6 Å². The number of carbonyl (C=O) groups is 1. The van der Waals surface area contributed by atoms with Crippen LogP contribution in [-0.2, 0) is 11.3 Å². The van der Waals surface area contributed by atoms with Gasteiger partial charge in [0.15, 0.2) is 0 Å². The Kier molecular flexibility index (Phi) is 5.56. The summed E-state index contributed by atoms with van der Waals surface area (Å²) in [5, 5.41) is 0. The molecular weight excluding hydrogens is 250 g/mol. The van der Waals surface area contributed by atoms with Crippen molar-refractivity contribution in [2.75, 3.05) is 26.2 Å². The maximum Gasteiger partial charge on any atom is 0.237 e. The first-order valence-electron chi connectivity index (χ1n) is 7.48. The van der Waals surface area contributed by atoms with Crippen LogP contribution in [0.1, 0.15) is 25.3 Å². The van der Waals surface area contributed by atoms with E-state index < -0.39 is 0 Å². The third kappa shape index (κ3) is 4.32. The van der Waals surface area contributed by atoms with Gasteiger partial charge in [-0.3, -0.25) is 9.69 Å². The maximum absolute atomic E-state index is 12.4. The van der Waals surface area contributed by atoms with E-state index in [0.717, 1.165) is 32.5 Å². The Labute approximate surface area is 121 Å². The van der Waals surface area contributed by atoms with Gasteiger partial charge in [-0.2, -0.15) is 0 Å². The first-order valence-corrected chi connectivity index (χ1v) is 7.48. The van der Waals surface area contributed by atoms with Gasteiger partial charge in [-0.15, -0.1) is 0 Å². The highest BCUT2D eigenvalue weighted by Crippen LogP contribution is 2.10. The van der Waals surface area contributed by atoms with Gasteiger partial charge in [0.2, 0.25) is 5.91 Å². The van der Waals surface area contributed by atoms with Gasteiger partial charge in [0.25, 0.3) is 0 Å². The summed E-state index contributed by atoms with van der Waals surface area (Å²) in [4.78, 5) is 16.5. The maximum atomic E-state index is 12.4. The molecule has 1 aromatic carbocycles. The molecule has 1 aliphatic heterocycles. The largest absolute Gasteiger partial charge is 0.338 e. The summed E-state index contributed by atoms with van der Waals surface area (Å²) in [5.74, 6) is 0.199. The molecule has 1 heterocycles. The van der Waals surface area contributed by atoms with Crippen LogP contribution in [0.3, 0.4) is 0 Å². The SMILES string of the molecule is CCN(Cc1ccccc1)C(=O)CN1CCCC(N)C1. The molecule has 0 radical (unpaired) electrons. The number of amides is 1. The summed E-state index contributed by atoms with van der Waals surface area (Å²) < 4.78 is 0. The third-order valence-corrected chi connectivity index (χ3v) is 3.85. The Hall–Kier alpha value is -1.39. The van der Waals surface area contributed by atoms with E-state index in [9.17, 15) is 4.79 Å². The standard InChI is InChI=1S/C16H25N3O/c1-2-19(11-14-7-4-3-5-8-14)16(20)13-18-10-6-9-15(17)12-18/h3-5,7-8,15H,2,6,9-13,17H2,1H3. The number of hydrogen-bond donors (Lipinski definition) is 1. The van der Waals surface area contributed by atoms with Crippen LogP contribution in [0.15, 0.2) is 30.3 Å². The van der Waals surface area contributed by atoms with Crippen molar-refractivity contribution in [2.45, 2.75) is 32.4 Å². The van der Waals surface area contributed by atoms with E-state index >= 15 is 0 Å². The van der Waals surface area contributed by atoms with Gasteiger partial charge in [0, 0.05) is 25.7 Å². The second-order valence-electron chi connectivity index (χ2n) is 5.53. The molecule has 2 N–H and O–H groups in total. The van der Waals surface area contributed by atoms with Crippen molar-refractivity contribution in [3.63, 3.8) is 0 Å². The zero-order chi connectivity index (χ0) is 14.4. The average Bonchev–Trinajstić information content (AvgIpc) is 2.45. The summed E-state index contributed by atoms with van der Waals surface area (Å²) in [5.41, 5.74) is 7.15. The Morgan fingerprint density at radius 2 is 2.15 bits per heavy atom. The second kappa shape index (κ2) is 7.41. The Morgan fingerprint density at radius 3 is 2.80 bits per heavy atom. The van der Waals surface area contributed by atoms with Crippen molar-refractivity contribution in [1.82, 2.24) is 9.80 Å². The molecule has 1 fully saturated rings. The van der Waals surface area contributed by atoms with Gasteiger partial charge in [-0.1, -0.05) is 30.3 Å². The normalized spacial score (nSPS) is 19.8. The van der Waals surface area contributed by atoms with Crippen molar-refractivity contribution < 1.29 is 4.79 Å². The molecule has 4 heteroatoms. The summed E-state index contributed by atoms with van der Waals surface area (Å²) in [6.07, 6.45) is 2.17. The van der Waals surface area contributed by atoms with Crippen molar-refractivity contribution >= 4 is 5.91 Å². The molecule has 0 aliphatic carbocycles. The number of likely N-dealkylation sites (N-methyl/N-ethyl adjacent to an activating group) is 1. The molecule has 4 nitrogen and oxygen atoms in total. The molecule has 20 heavy (non-hydrogen) atoms. The number of nitrogens with zero attached hydrogens (tertiary/aromatic N) is 2. The molecule has 0 spiro atoms. The Balaban J connectivity index is 1.88. The molecule has 1 saturated heterocycles. The zero-order valence-corrected chi connectivity index (χ0v) is 12.3. The average molecular weight is 275 g/mol. The third-order valence-electron chi connectivity index (χ3n) is 3.85. The fourth-order valence-electron chi connectivity index (χ4n) is 2.71. The summed E-state index contributed by atoms with van der Waals surface area (Å²) in [6.45, 7) is 5.79. The lowest BCUT2D eigenvalue weighted by molar-refractivity contribution is -0.133. The van der Waals surface area contributed by atoms with E-state index in [1.54, 1.807) is 0 Å². The molecule has 0 aromatic heterocycles. The molecule has 1 aromatic rings. The zero-order valence-electron chi connectivity index (χ0n) is 12.3. The van der Waals surface area contributed by atoms with Crippen molar-refractivity contribution in [3.05, 3.63) is 35.9 Å². The van der Waals surface area contributed by atoms with E-state index in [1.807, 2.05) is 30.0 Å². The fraction of sp³-hybridized carbons (Fsp3) is 0.562. The van der Waals surface area contributed by atoms with Crippen LogP contribution in [0.25, 0.3) is 0 Å². The molecular formula is C16H25N3O. The van der Waals surface area contributed by atoms with E-state index in [2.05, 4.69) is 17.0 Å². The predicted molar refractivity (Wildman–Crippen MR) is 81.2 cm³/mol. The Bertz CT molecular complexity index is 421. The highest BCUT2D eigenvalue weighted by atomic mass is 16.2. The molecule has 2 rings (SSSR count). The molecule has 1 aliphatic rings. The van der Waals surface area contributed by atoms with Crippen LogP contribution in [0, 0.1) is 0 Å². The smallest absolute Gasteiger partial charge is 0.237 e. The van der Waals surface area contributed by atoms with Gasteiger partial charge in [0.1, 0.15) is 0 Å². The molecule has 1 atom stereocenters. The molecule has 1 unspecified atom stereocenters. The van der Waals surface area contributed by atoms with Crippen LogP contribution < -0.4 is 5.73 Å². The molecule has 1 amide bonds. The number of nitrogens with two attached hydrogens (primary N) is 1. The van der Waals surface area contributed by atoms with Gasteiger partial charge >= 0.3 is 0 Å². The van der Waals surface area contributed by atoms with Crippen LogP contribution >= 0.6 is 0 Å². The number of benzene rings is 1. The summed E-state index contributed by atoms with van der Waals surface area (Å²) in [6, 6.07) is 10.4. The van der Waals surface area contributed by atoms with Crippen LogP contribution in [0.4, 0.5) is 0 Å². The molecule has 0 saturated carbocycles. The van der Waals surface area contributed by atoms with Gasteiger partial charge in [-0.25, -0.2) is 0 Å². The quantitative estimate of drug-likeness (QED) is 0.885. The first kappa shape index (κ1) is 15.0. The highest BCUT2D eigenvalue weighted by molar-refractivity contribution is 5.78. The van der Waals surface area contributed by atoms with Crippen LogP contribution in [0.5, 0.6) is 0 Å². The minimum Gasteiger partial charge on any atom is -0.338 e. The summed E-state index contributed by atoms with van der Waals surface area (Å²) in [7, 11) is 0. The number of rotatable bonds is 5. The van der Waals surface area contributed by atoms with E-state index in [1.165, 1.54) is 5.56 Å². The van der Waals surface area contributed by atoms with Gasteiger partial charge in [-0.05, 0) is 31.9 Å². The lowest BCUT2D eigenvalue weighted by Gasteiger charge is -2.32. The lowest BCUT2D eigenvalue weighted by Crippen LogP contribution is -2.47. The minimum atomic E-state index is 0.199. The van der Waals surface area contributed by atoms with E-state index in [0.29, 0.717) is 13.1 Å². The number of carbonyl (C=O) groups excluding carboxylic acids is 1. The van der Waals surface area contributed by atoms with Crippen molar-refractivity contribution in [2.24, 2.45) is 5.73 Å². The van der Waals surface area contributed by atoms with Crippen molar-refractivity contribution in [1.29, 1.82) is 0 Å². The van der Waals surface area contributed by atoms with Gasteiger partial charge < -0.3 is 10.6 Å². The molecule has 0 bridgehead atoms. The highest BCUT2D eigenvalue weighted by Gasteiger charge is 2.21. The van der Waals surface area contributed by atoms with Crippen LogP contribution in [0.2, 0.25) is 0 Å². The predicted octanol–water partition coefficient (Wildman–Crippen LogP) is 1.46. The first-order chi connectivity index (χ1) is 9.69. The lowest BCUT2D eigenvalue weighted by atomic mass is 10.1. The molecule has 110 valence electrons. The van der Waals surface area contributed by atoms with E-state index in [4.69, 9.17) is 5.73 Å². The number of hydrogen-bond acceptors (Lipinski definition) is 3. The van der Waals surface area contributed by atoms with Crippen LogP contribution in [-0.4, -0.2) is 47.9 Å². The monoisotopic (exact) mass is 275 g/mol. The van der Waals surface area contributed by atoms with E-state index in [-0.39, 0.29) is 11.9 Å². The second-order valence-corrected chi connectivity index (χ2v) is 5.53. The number of piperidine rings is 1. The fourth-order valence-corrected chi connectivity index (χ4v) is 2.71. The van der Waals surface area contributed by atoms with Crippen molar-refractivity contribution in [3.8, 4) is 0 Å². The Morgan fingerprint density at radius 1 is 1.40 bits per heavy atom. The summed E-state index contributed by atoms with van der Waals surface area (Å²) >= 11 is 0. The van der Waals surface area contributed by atoms with Gasteiger partial charge in [0.05, 0.1) is 6.54 Å². The minimum absolute atomic E-state index is 0.199. The number of likely N-dealkylation sites (tertiary alicyclic amines) is 1.